The summed E-state index contributed by atoms with van der Waals surface area (Å²) in [5, 5.41) is 9.97. The number of benzene rings is 2. The molecule has 8 nitrogen and oxygen atoms in total. The molecule has 2 aromatic carbocycles. The number of methoxy groups -OCH3 is 1. The van der Waals surface area contributed by atoms with Gasteiger partial charge in [0.05, 0.1) is 30.5 Å². The molecular formula is C19H17Cl2N5O3. The summed E-state index contributed by atoms with van der Waals surface area (Å²) in [6, 6.07) is 11.2. The summed E-state index contributed by atoms with van der Waals surface area (Å²) < 4.78 is 5.23. The van der Waals surface area contributed by atoms with Crippen LogP contribution in [0.5, 0.6) is 5.75 Å². The third-order valence-corrected chi connectivity index (χ3v) is 4.47. The van der Waals surface area contributed by atoms with E-state index in [1.165, 1.54) is 12.3 Å². The Morgan fingerprint density at radius 3 is 2.86 bits per heavy atom. The van der Waals surface area contributed by atoms with E-state index < -0.39 is 17.9 Å². The normalized spacial score (nSPS) is 15.8. The quantitative estimate of drug-likeness (QED) is 0.481. The maximum Gasteiger partial charge on any atom is 0.252 e. The summed E-state index contributed by atoms with van der Waals surface area (Å²) in [4.78, 5) is 28.4. The van der Waals surface area contributed by atoms with Crippen molar-refractivity contribution in [2.45, 2.75) is 12.5 Å². The van der Waals surface area contributed by atoms with Gasteiger partial charge in [0.2, 0.25) is 11.9 Å². The Bertz CT molecular complexity index is 994. The summed E-state index contributed by atoms with van der Waals surface area (Å²) >= 11 is 11.9. The molecule has 0 spiro atoms. The van der Waals surface area contributed by atoms with Gasteiger partial charge < -0.3 is 10.1 Å². The van der Waals surface area contributed by atoms with Crippen molar-refractivity contribution < 1.29 is 14.3 Å². The largest absolute Gasteiger partial charge is 0.496 e. The first-order chi connectivity index (χ1) is 14.0. The van der Waals surface area contributed by atoms with Crippen molar-refractivity contribution in [2.24, 2.45) is 10.1 Å². The number of rotatable bonds is 6. The fourth-order valence-corrected chi connectivity index (χ4v) is 3.00. The predicted octanol–water partition coefficient (Wildman–Crippen LogP) is 2.81. The molecule has 0 saturated heterocycles. The van der Waals surface area contributed by atoms with Crippen LogP contribution in [0.25, 0.3) is 0 Å². The maximum atomic E-state index is 12.2. The molecule has 1 unspecified atom stereocenters. The van der Waals surface area contributed by atoms with E-state index in [4.69, 9.17) is 27.9 Å². The first-order valence-corrected chi connectivity index (χ1v) is 9.27. The standard InChI is InChI=1S/C19H17Cl2N5O3/c1-29-16-5-3-2-4-11(16)10-22-26-19-24-15(18(28)25-19)9-17(27)23-14-7-6-12(20)8-13(14)21/h2-8,10,15H,9H2,1H3,(H,23,27)(H2,24,25,26,28). The molecule has 0 aromatic heterocycles. The van der Waals surface area contributed by atoms with Gasteiger partial charge >= 0.3 is 0 Å². The predicted molar refractivity (Wildman–Crippen MR) is 113 cm³/mol. The van der Waals surface area contributed by atoms with Crippen molar-refractivity contribution >= 4 is 52.9 Å². The van der Waals surface area contributed by atoms with Crippen LogP contribution in [-0.2, 0) is 9.59 Å². The minimum Gasteiger partial charge on any atom is -0.496 e. The molecule has 1 aliphatic heterocycles. The highest BCUT2D eigenvalue weighted by atomic mass is 35.5. The molecule has 0 bridgehead atoms. The number of aliphatic imine (C=N–C) groups is 1. The van der Waals surface area contributed by atoms with Crippen LogP contribution in [0, 0.1) is 0 Å². The number of nitrogens with zero attached hydrogens (tertiary/aromatic N) is 2. The highest BCUT2D eigenvalue weighted by Gasteiger charge is 2.28. The van der Waals surface area contributed by atoms with Crippen molar-refractivity contribution in [2.75, 3.05) is 12.4 Å². The van der Waals surface area contributed by atoms with Crippen LogP contribution in [0.3, 0.4) is 0 Å². The Labute approximate surface area is 176 Å². The lowest BCUT2D eigenvalue weighted by molar-refractivity contribution is -0.123. The molecule has 10 heteroatoms. The monoisotopic (exact) mass is 433 g/mol. The van der Waals surface area contributed by atoms with Crippen LogP contribution >= 0.6 is 23.2 Å². The van der Waals surface area contributed by atoms with Crippen LogP contribution in [0.4, 0.5) is 5.69 Å². The third kappa shape index (κ3) is 5.46. The maximum absolute atomic E-state index is 12.2. The van der Waals surface area contributed by atoms with E-state index in [9.17, 15) is 9.59 Å². The van der Waals surface area contributed by atoms with Gasteiger partial charge in [-0.1, -0.05) is 35.3 Å². The van der Waals surface area contributed by atoms with Crippen molar-refractivity contribution in [1.29, 1.82) is 0 Å². The first kappa shape index (κ1) is 20.6. The van der Waals surface area contributed by atoms with Crippen LogP contribution in [0.15, 0.2) is 52.6 Å². The fraction of sp³-hybridized carbons (Fsp3) is 0.158. The van der Waals surface area contributed by atoms with E-state index in [0.717, 1.165) is 5.56 Å². The van der Waals surface area contributed by atoms with Gasteiger partial charge in [0.25, 0.3) is 5.91 Å². The zero-order valence-corrected chi connectivity index (χ0v) is 16.8. The molecule has 2 amide bonds. The van der Waals surface area contributed by atoms with Gasteiger partial charge in [-0.25, -0.2) is 10.4 Å². The number of hydrogen-bond donors (Lipinski definition) is 3. The molecule has 2 aromatic rings. The van der Waals surface area contributed by atoms with Crippen LogP contribution < -0.4 is 20.8 Å². The average Bonchev–Trinajstić information content (AvgIpc) is 3.03. The molecular weight excluding hydrogens is 417 g/mol. The number of carbonyl (C=O) groups is 2. The zero-order chi connectivity index (χ0) is 20.8. The van der Waals surface area contributed by atoms with Crippen molar-refractivity contribution in [1.82, 2.24) is 10.7 Å². The number of para-hydroxylation sites is 1. The van der Waals surface area contributed by atoms with E-state index in [0.29, 0.717) is 21.5 Å². The van der Waals surface area contributed by atoms with Gasteiger partial charge in [-0.2, -0.15) is 5.10 Å². The first-order valence-electron chi connectivity index (χ1n) is 8.52. The topological polar surface area (TPSA) is 104 Å². The minimum absolute atomic E-state index is 0.147. The Balaban J connectivity index is 1.58. The second-order valence-electron chi connectivity index (χ2n) is 5.97. The number of hydrogen-bond acceptors (Lipinski definition) is 6. The van der Waals surface area contributed by atoms with Gasteiger partial charge in [0.1, 0.15) is 11.8 Å². The van der Waals surface area contributed by atoms with E-state index in [1.54, 1.807) is 25.3 Å². The molecule has 3 N–H and O–H groups in total. The molecule has 1 atom stereocenters. The summed E-state index contributed by atoms with van der Waals surface area (Å²) in [6.45, 7) is 0. The summed E-state index contributed by atoms with van der Waals surface area (Å²) in [5.41, 5.74) is 3.80. The van der Waals surface area contributed by atoms with Gasteiger partial charge in [0.15, 0.2) is 0 Å². The van der Waals surface area contributed by atoms with Crippen LogP contribution in [0.2, 0.25) is 10.0 Å². The number of nitrogens with one attached hydrogen (secondary N) is 3. The second kappa shape index (κ2) is 9.40. The number of amides is 2. The number of ether oxygens (including phenoxy) is 1. The lowest BCUT2D eigenvalue weighted by Crippen LogP contribution is -2.35. The summed E-state index contributed by atoms with van der Waals surface area (Å²) in [5.74, 6) is 0.00330. The second-order valence-corrected chi connectivity index (χ2v) is 6.81. The summed E-state index contributed by atoms with van der Waals surface area (Å²) in [6.07, 6.45) is 1.39. The molecule has 1 heterocycles. The Hall–Kier alpha value is -3.10. The Kier molecular flexibility index (Phi) is 6.69. The number of halogens is 2. The van der Waals surface area contributed by atoms with Gasteiger partial charge in [0, 0.05) is 10.6 Å². The number of carbonyl (C=O) groups excluding carboxylic acids is 2. The summed E-state index contributed by atoms with van der Waals surface area (Å²) in [7, 11) is 1.56. The Morgan fingerprint density at radius 1 is 1.31 bits per heavy atom. The van der Waals surface area contributed by atoms with E-state index in [-0.39, 0.29) is 12.4 Å². The molecule has 29 heavy (non-hydrogen) atoms. The Morgan fingerprint density at radius 2 is 2.10 bits per heavy atom. The molecule has 0 fully saturated rings. The number of anilines is 1. The fourth-order valence-electron chi connectivity index (χ4n) is 2.55. The molecule has 0 radical (unpaired) electrons. The third-order valence-electron chi connectivity index (χ3n) is 3.93. The van der Waals surface area contributed by atoms with Crippen LogP contribution in [-0.4, -0.2) is 37.1 Å². The van der Waals surface area contributed by atoms with Crippen molar-refractivity contribution in [3.63, 3.8) is 0 Å². The minimum atomic E-state index is -0.870. The van der Waals surface area contributed by atoms with E-state index in [1.807, 2.05) is 18.2 Å². The number of guanidine groups is 1. The van der Waals surface area contributed by atoms with Crippen molar-refractivity contribution in [3.05, 3.63) is 58.1 Å². The van der Waals surface area contributed by atoms with Gasteiger partial charge in [-0.3, -0.25) is 14.9 Å². The van der Waals surface area contributed by atoms with Crippen molar-refractivity contribution in [3.8, 4) is 5.75 Å². The zero-order valence-electron chi connectivity index (χ0n) is 15.3. The average molecular weight is 434 g/mol. The highest BCUT2D eigenvalue weighted by molar-refractivity contribution is 6.36. The molecule has 150 valence electrons. The van der Waals surface area contributed by atoms with Gasteiger partial charge in [-0.15, -0.1) is 0 Å². The molecule has 3 rings (SSSR count). The smallest absolute Gasteiger partial charge is 0.252 e. The highest BCUT2D eigenvalue weighted by Crippen LogP contribution is 2.25. The number of hydrazone groups is 1. The van der Waals surface area contributed by atoms with Crippen LogP contribution in [0.1, 0.15) is 12.0 Å². The van der Waals surface area contributed by atoms with E-state index in [2.05, 4.69) is 26.2 Å². The lowest BCUT2D eigenvalue weighted by Gasteiger charge is -2.08. The molecule has 0 aliphatic carbocycles. The molecule has 1 aliphatic rings. The lowest BCUT2D eigenvalue weighted by atomic mass is 10.2. The molecule has 0 saturated carbocycles. The van der Waals surface area contributed by atoms with E-state index >= 15 is 0 Å². The SMILES string of the molecule is COc1ccccc1C=NNC1=NC(CC(=O)Nc2ccc(Cl)cc2Cl)C(=O)N1. The van der Waals surface area contributed by atoms with Gasteiger partial charge in [-0.05, 0) is 30.3 Å².